The lowest BCUT2D eigenvalue weighted by Crippen LogP contribution is -2.57. The van der Waals surface area contributed by atoms with Crippen LogP contribution in [-0.2, 0) is 32.2 Å². The van der Waals surface area contributed by atoms with Crippen LogP contribution in [0.1, 0.15) is 18.2 Å². The van der Waals surface area contributed by atoms with Gasteiger partial charge >= 0.3 is 17.9 Å². The van der Waals surface area contributed by atoms with Gasteiger partial charge in [-0.1, -0.05) is 29.5 Å². The van der Waals surface area contributed by atoms with Crippen molar-refractivity contribution in [3.05, 3.63) is 77.4 Å². The Morgan fingerprint density at radius 1 is 1.16 bits per heavy atom. The molecule has 1 aliphatic heterocycles. The molecule has 4 rings (SSSR count). The van der Waals surface area contributed by atoms with Gasteiger partial charge in [-0.15, -0.1) is 5.10 Å². The number of nitrogens with one attached hydrogen (secondary N) is 1. The lowest BCUT2D eigenvalue weighted by Gasteiger charge is -2.38. The number of halogens is 4. The molecule has 194 valence electrons. The number of carbonyl (C=O) groups excluding carboxylic acids is 2. The lowest BCUT2D eigenvalue weighted by atomic mass is 9.97. The Balaban J connectivity index is 1.53. The summed E-state index contributed by atoms with van der Waals surface area (Å²) in [7, 11) is 0. The summed E-state index contributed by atoms with van der Waals surface area (Å²) >= 11 is 0. The number of amides is 1. The number of anilines is 1. The summed E-state index contributed by atoms with van der Waals surface area (Å²) in [6, 6.07) is 11.1. The number of aromatic nitrogens is 3. The van der Waals surface area contributed by atoms with Crippen LogP contribution in [0.5, 0.6) is 5.75 Å². The van der Waals surface area contributed by atoms with E-state index in [1.54, 1.807) is 6.07 Å². The quantitative estimate of drug-likeness (QED) is 0.355. The zero-order valence-electron chi connectivity index (χ0n) is 19.3. The third-order valence-electron chi connectivity index (χ3n) is 5.12. The topological polar surface area (TPSA) is 105 Å². The van der Waals surface area contributed by atoms with Crippen molar-refractivity contribution >= 4 is 23.6 Å². The van der Waals surface area contributed by atoms with Crippen molar-refractivity contribution in [2.45, 2.75) is 32.0 Å². The number of rotatable bonds is 8. The van der Waals surface area contributed by atoms with Crippen LogP contribution in [-0.4, -0.2) is 45.4 Å². The molecule has 0 aliphatic carbocycles. The molecule has 2 heterocycles. The maximum atomic E-state index is 14.4. The molecule has 2 aromatic carbocycles. The number of para-hydroxylation sites is 1. The summed E-state index contributed by atoms with van der Waals surface area (Å²) in [4.78, 5) is 24.7. The first kappa shape index (κ1) is 25.8. The first-order valence-electron chi connectivity index (χ1n) is 10.9. The number of ether oxygens (including phenoxy) is 3. The van der Waals surface area contributed by atoms with Gasteiger partial charge in [0.05, 0.1) is 19.4 Å². The van der Waals surface area contributed by atoms with Crippen molar-refractivity contribution in [3.8, 4) is 5.75 Å². The van der Waals surface area contributed by atoms with Crippen molar-refractivity contribution in [2.24, 2.45) is 0 Å². The molecular weight excluding hydrogens is 500 g/mol. The monoisotopic (exact) mass is 520 g/mol. The maximum absolute atomic E-state index is 14.4. The fourth-order valence-electron chi connectivity index (χ4n) is 3.53. The molecule has 1 N–H and O–H groups in total. The average molecular weight is 520 g/mol. The number of alkyl halides is 3. The average Bonchev–Trinajstić information content (AvgIpc) is 3.28. The molecule has 1 amide bonds. The molecule has 1 aromatic heterocycles. The summed E-state index contributed by atoms with van der Waals surface area (Å²) in [5.74, 6) is -6.00. The number of hydrogen-bond acceptors (Lipinski definition) is 7. The Morgan fingerprint density at radius 2 is 1.95 bits per heavy atom. The van der Waals surface area contributed by atoms with Crippen molar-refractivity contribution < 1.29 is 41.4 Å². The number of nitrogens with zero attached hydrogens (tertiary/aromatic N) is 3. The standard InChI is InChI=1S/C24H20F4N4O5/c1-2-35-22(34)19-10-15-6-3-4-9-20(15)37-23(19,24(26,27)28)36-14-18-12-32(31-30-18)13-21(33)29-17-8-5-7-16(25)11-17/h3-12H,2,13-14H2,1H3,(H,29,33). The molecule has 0 spiro atoms. The number of fused-ring (bicyclic) bond motifs is 1. The van der Waals surface area contributed by atoms with Crippen LogP contribution in [0, 0.1) is 5.82 Å². The minimum absolute atomic E-state index is 0.0761. The third kappa shape index (κ3) is 5.61. The highest BCUT2D eigenvalue weighted by Gasteiger charge is 2.65. The van der Waals surface area contributed by atoms with Crippen LogP contribution in [0.3, 0.4) is 0 Å². The zero-order valence-corrected chi connectivity index (χ0v) is 19.3. The molecule has 0 radical (unpaired) electrons. The third-order valence-corrected chi connectivity index (χ3v) is 5.12. The SMILES string of the molecule is CCOC(=O)C1=Cc2ccccc2OC1(OCc1cn(CC(=O)Nc2cccc(F)c2)nn1)C(F)(F)F. The van der Waals surface area contributed by atoms with Gasteiger partial charge in [0.1, 0.15) is 29.4 Å². The van der Waals surface area contributed by atoms with E-state index in [-0.39, 0.29) is 35.8 Å². The van der Waals surface area contributed by atoms with Crippen LogP contribution >= 0.6 is 0 Å². The summed E-state index contributed by atoms with van der Waals surface area (Å²) < 4.78 is 73.0. The molecule has 1 unspecified atom stereocenters. The number of carbonyl (C=O) groups is 2. The molecular formula is C24H20F4N4O5. The number of esters is 1. The Morgan fingerprint density at radius 3 is 2.68 bits per heavy atom. The van der Waals surface area contributed by atoms with Crippen LogP contribution in [0.4, 0.5) is 23.2 Å². The van der Waals surface area contributed by atoms with E-state index in [4.69, 9.17) is 14.2 Å². The molecule has 1 atom stereocenters. The van der Waals surface area contributed by atoms with Crippen LogP contribution in [0.15, 0.2) is 60.3 Å². The number of hydrogen-bond donors (Lipinski definition) is 1. The molecule has 0 saturated heterocycles. The summed E-state index contributed by atoms with van der Waals surface area (Å²) in [6.07, 6.45) is -2.99. The second-order valence-corrected chi connectivity index (χ2v) is 7.79. The molecule has 0 bridgehead atoms. The van der Waals surface area contributed by atoms with Gasteiger partial charge in [-0.05, 0) is 37.3 Å². The van der Waals surface area contributed by atoms with E-state index in [0.29, 0.717) is 0 Å². The van der Waals surface area contributed by atoms with Crippen molar-refractivity contribution in [3.63, 3.8) is 0 Å². The van der Waals surface area contributed by atoms with E-state index in [1.165, 1.54) is 49.5 Å². The summed E-state index contributed by atoms with van der Waals surface area (Å²) in [5.41, 5.74) is -0.506. The van der Waals surface area contributed by atoms with E-state index >= 15 is 0 Å². The molecule has 1 aliphatic rings. The lowest BCUT2D eigenvalue weighted by molar-refractivity contribution is -0.338. The molecule has 0 fully saturated rings. The molecule has 3 aromatic rings. The van der Waals surface area contributed by atoms with Crippen LogP contribution in [0.25, 0.3) is 6.08 Å². The smallest absolute Gasteiger partial charge is 0.460 e. The van der Waals surface area contributed by atoms with Gasteiger partial charge in [-0.3, -0.25) is 4.79 Å². The molecule has 0 saturated carbocycles. The molecule has 9 nitrogen and oxygen atoms in total. The highest BCUT2D eigenvalue weighted by molar-refractivity contribution is 5.97. The minimum Gasteiger partial charge on any atom is -0.462 e. The first-order chi connectivity index (χ1) is 17.6. The largest absolute Gasteiger partial charge is 0.462 e. The van der Waals surface area contributed by atoms with Gasteiger partial charge < -0.3 is 19.5 Å². The van der Waals surface area contributed by atoms with Gasteiger partial charge in [-0.2, -0.15) is 13.2 Å². The van der Waals surface area contributed by atoms with E-state index in [0.717, 1.165) is 16.8 Å². The molecule has 37 heavy (non-hydrogen) atoms. The van der Waals surface area contributed by atoms with Crippen molar-refractivity contribution in [1.29, 1.82) is 0 Å². The summed E-state index contributed by atoms with van der Waals surface area (Å²) in [6.45, 7) is 0.155. The Labute approximate surface area is 207 Å². The van der Waals surface area contributed by atoms with Gasteiger partial charge in [-0.25, -0.2) is 13.9 Å². The Bertz CT molecular complexity index is 1340. The van der Waals surface area contributed by atoms with Crippen molar-refractivity contribution in [2.75, 3.05) is 11.9 Å². The first-order valence-corrected chi connectivity index (χ1v) is 10.9. The highest BCUT2D eigenvalue weighted by atomic mass is 19.4. The van der Waals surface area contributed by atoms with E-state index in [1.807, 2.05) is 0 Å². The van der Waals surface area contributed by atoms with Gasteiger partial charge in [0.25, 0.3) is 0 Å². The molecule has 13 heteroatoms. The van der Waals surface area contributed by atoms with Gasteiger partial charge in [0.15, 0.2) is 0 Å². The Hall–Kier alpha value is -4.26. The second-order valence-electron chi connectivity index (χ2n) is 7.79. The normalized spacial score (nSPS) is 16.8. The Kier molecular flexibility index (Phi) is 7.25. The van der Waals surface area contributed by atoms with E-state index < -0.39 is 41.8 Å². The van der Waals surface area contributed by atoms with E-state index in [2.05, 4.69) is 15.6 Å². The summed E-state index contributed by atoms with van der Waals surface area (Å²) in [5, 5.41) is 9.90. The van der Waals surface area contributed by atoms with E-state index in [9.17, 15) is 27.2 Å². The van der Waals surface area contributed by atoms with Crippen LogP contribution in [0.2, 0.25) is 0 Å². The van der Waals surface area contributed by atoms with Crippen LogP contribution < -0.4 is 10.1 Å². The fraction of sp³-hybridized carbons (Fsp3) is 0.250. The predicted octanol–water partition coefficient (Wildman–Crippen LogP) is 3.87. The minimum atomic E-state index is -5.19. The zero-order chi connectivity index (χ0) is 26.6. The number of benzene rings is 2. The predicted molar refractivity (Wildman–Crippen MR) is 120 cm³/mol. The fourth-order valence-corrected chi connectivity index (χ4v) is 3.53. The maximum Gasteiger partial charge on any atom is 0.460 e. The van der Waals surface area contributed by atoms with Gasteiger partial charge in [0.2, 0.25) is 5.91 Å². The second kappa shape index (κ2) is 10.4. The highest BCUT2D eigenvalue weighted by Crippen LogP contribution is 2.46. The van der Waals surface area contributed by atoms with Gasteiger partial charge in [0, 0.05) is 11.3 Å². The van der Waals surface area contributed by atoms with Crippen molar-refractivity contribution in [1.82, 2.24) is 15.0 Å².